The maximum atomic E-state index is 11.7. The van der Waals surface area contributed by atoms with Gasteiger partial charge in [0.05, 0.1) is 21.4 Å². The van der Waals surface area contributed by atoms with E-state index in [1.54, 1.807) is 6.07 Å². The van der Waals surface area contributed by atoms with Crippen LogP contribution in [0, 0.1) is 0 Å². The van der Waals surface area contributed by atoms with Gasteiger partial charge in [0.15, 0.2) is 0 Å². The van der Waals surface area contributed by atoms with E-state index >= 15 is 0 Å². The Morgan fingerprint density at radius 2 is 1.78 bits per heavy atom. The van der Waals surface area contributed by atoms with E-state index < -0.39 is 11.8 Å². The highest BCUT2D eigenvalue weighted by Gasteiger charge is 2.21. The van der Waals surface area contributed by atoms with Gasteiger partial charge in [0, 0.05) is 6.08 Å². The van der Waals surface area contributed by atoms with Crippen molar-refractivity contribution in [1.29, 1.82) is 0 Å². The Bertz CT molecular complexity index is 571. The van der Waals surface area contributed by atoms with E-state index in [0.29, 0.717) is 21.4 Å². The molecule has 0 spiro atoms. The number of halogens is 2. The SMILES string of the molecule is NNC(=O)/C=C1/Nc2cc(Cl)c(Cl)cc2NC1=O. The quantitative estimate of drug-likeness (QED) is 0.270. The van der Waals surface area contributed by atoms with Crippen molar-refractivity contribution < 1.29 is 9.59 Å². The molecular weight excluding hydrogens is 279 g/mol. The van der Waals surface area contributed by atoms with Gasteiger partial charge in [-0.05, 0) is 12.1 Å². The van der Waals surface area contributed by atoms with Gasteiger partial charge in [-0.1, -0.05) is 23.2 Å². The summed E-state index contributed by atoms with van der Waals surface area (Å²) in [6, 6.07) is 3.07. The highest BCUT2D eigenvalue weighted by Crippen LogP contribution is 2.35. The summed E-state index contributed by atoms with van der Waals surface area (Å²) in [5.74, 6) is 3.86. The number of hydrazine groups is 1. The first-order chi connectivity index (χ1) is 8.51. The molecule has 94 valence electrons. The molecule has 2 amide bonds. The van der Waals surface area contributed by atoms with Crippen LogP contribution in [0.2, 0.25) is 10.0 Å². The van der Waals surface area contributed by atoms with Crippen LogP contribution in [-0.4, -0.2) is 11.8 Å². The largest absolute Gasteiger partial charge is 0.349 e. The molecule has 8 heteroatoms. The Hall–Kier alpha value is -1.76. The van der Waals surface area contributed by atoms with Gasteiger partial charge in [0.25, 0.3) is 11.8 Å². The molecule has 0 atom stereocenters. The number of nitrogens with one attached hydrogen (secondary N) is 3. The van der Waals surface area contributed by atoms with Crippen LogP contribution in [0.25, 0.3) is 0 Å². The molecule has 1 aliphatic rings. The van der Waals surface area contributed by atoms with E-state index in [-0.39, 0.29) is 5.70 Å². The zero-order valence-corrected chi connectivity index (χ0v) is 10.4. The standard InChI is InChI=1S/C10H8Cl2N4O2/c11-4-1-6-7(2-5(4)12)15-10(18)8(14-6)3-9(17)16-13/h1-3,14H,13H2,(H,15,18)(H,16,17)/b8-3+. The number of nitrogens with two attached hydrogens (primary N) is 1. The number of anilines is 2. The summed E-state index contributed by atoms with van der Waals surface area (Å²) in [5.41, 5.74) is 2.98. The minimum Gasteiger partial charge on any atom is -0.349 e. The fraction of sp³-hybridized carbons (Fsp3) is 0. The second-order valence-electron chi connectivity index (χ2n) is 3.46. The Morgan fingerprint density at radius 1 is 1.22 bits per heavy atom. The molecule has 1 heterocycles. The van der Waals surface area contributed by atoms with Gasteiger partial charge in [-0.2, -0.15) is 0 Å². The number of carbonyl (C=O) groups is 2. The van der Waals surface area contributed by atoms with Gasteiger partial charge in [-0.25, -0.2) is 5.84 Å². The fourth-order valence-electron chi connectivity index (χ4n) is 1.42. The van der Waals surface area contributed by atoms with Gasteiger partial charge in [0.1, 0.15) is 5.70 Å². The minimum atomic E-state index is -0.601. The molecule has 18 heavy (non-hydrogen) atoms. The van der Waals surface area contributed by atoms with E-state index in [1.807, 2.05) is 5.43 Å². The Labute approximate surface area is 112 Å². The number of carbonyl (C=O) groups excluding carboxylic acids is 2. The van der Waals surface area contributed by atoms with Crippen molar-refractivity contribution in [3.63, 3.8) is 0 Å². The highest BCUT2D eigenvalue weighted by atomic mass is 35.5. The maximum Gasteiger partial charge on any atom is 0.272 e. The molecule has 5 N–H and O–H groups in total. The lowest BCUT2D eigenvalue weighted by Gasteiger charge is -2.21. The third-order valence-electron chi connectivity index (χ3n) is 2.24. The monoisotopic (exact) mass is 286 g/mol. The van der Waals surface area contributed by atoms with Crippen LogP contribution in [0.4, 0.5) is 11.4 Å². The molecule has 6 nitrogen and oxygen atoms in total. The molecule has 1 aliphatic heterocycles. The topological polar surface area (TPSA) is 96.2 Å². The number of fused-ring (bicyclic) bond motifs is 1. The molecule has 0 saturated carbocycles. The predicted octanol–water partition coefficient (Wildman–Crippen LogP) is 1.23. The summed E-state index contributed by atoms with van der Waals surface area (Å²) in [7, 11) is 0. The molecule has 0 bridgehead atoms. The van der Waals surface area contributed by atoms with Gasteiger partial charge >= 0.3 is 0 Å². The Kier molecular flexibility index (Phi) is 3.42. The van der Waals surface area contributed by atoms with E-state index in [4.69, 9.17) is 29.0 Å². The van der Waals surface area contributed by atoms with E-state index in [2.05, 4.69) is 10.6 Å². The number of hydrogen-bond donors (Lipinski definition) is 4. The number of hydrogen-bond acceptors (Lipinski definition) is 4. The summed E-state index contributed by atoms with van der Waals surface area (Å²) < 4.78 is 0. The first-order valence-corrected chi connectivity index (χ1v) is 5.56. The minimum absolute atomic E-state index is 0.0591. The van der Waals surface area contributed by atoms with Crippen molar-refractivity contribution >= 4 is 46.4 Å². The molecule has 0 saturated heterocycles. The third-order valence-corrected chi connectivity index (χ3v) is 2.96. The van der Waals surface area contributed by atoms with Crippen molar-refractivity contribution in [3.8, 4) is 0 Å². The van der Waals surface area contributed by atoms with Crippen LogP contribution in [0.3, 0.4) is 0 Å². The van der Waals surface area contributed by atoms with Crippen LogP contribution >= 0.6 is 23.2 Å². The number of amides is 2. The van der Waals surface area contributed by atoms with Crippen LogP contribution in [0.15, 0.2) is 23.9 Å². The maximum absolute atomic E-state index is 11.7. The summed E-state index contributed by atoms with van der Waals surface area (Å²) in [6.45, 7) is 0. The van der Waals surface area contributed by atoms with Crippen molar-refractivity contribution in [3.05, 3.63) is 34.0 Å². The van der Waals surface area contributed by atoms with Crippen molar-refractivity contribution in [2.24, 2.45) is 5.84 Å². The van der Waals surface area contributed by atoms with Gasteiger partial charge < -0.3 is 10.6 Å². The molecule has 1 aromatic rings. The van der Waals surface area contributed by atoms with Crippen LogP contribution in [-0.2, 0) is 9.59 Å². The van der Waals surface area contributed by atoms with Gasteiger partial charge in [0.2, 0.25) is 0 Å². The van der Waals surface area contributed by atoms with E-state index in [9.17, 15) is 9.59 Å². The number of rotatable bonds is 1. The lowest BCUT2D eigenvalue weighted by molar-refractivity contribution is -0.117. The summed E-state index contributed by atoms with van der Waals surface area (Å²) in [4.78, 5) is 22.7. The lowest BCUT2D eigenvalue weighted by Crippen LogP contribution is -2.32. The van der Waals surface area contributed by atoms with Crippen LogP contribution < -0.4 is 21.9 Å². The molecule has 0 aromatic heterocycles. The average molecular weight is 287 g/mol. The Balaban J connectivity index is 2.39. The number of benzene rings is 1. The second-order valence-corrected chi connectivity index (χ2v) is 4.27. The zero-order chi connectivity index (χ0) is 13.3. The van der Waals surface area contributed by atoms with Crippen molar-refractivity contribution in [2.45, 2.75) is 0 Å². The molecule has 0 radical (unpaired) electrons. The van der Waals surface area contributed by atoms with Gasteiger partial charge in [-0.3, -0.25) is 15.0 Å². The molecule has 0 fully saturated rings. The van der Waals surface area contributed by atoms with Crippen molar-refractivity contribution in [1.82, 2.24) is 5.43 Å². The average Bonchev–Trinajstić information content (AvgIpc) is 2.32. The van der Waals surface area contributed by atoms with Crippen molar-refractivity contribution in [2.75, 3.05) is 10.6 Å². The molecule has 1 aromatic carbocycles. The normalized spacial score (nSPS) is 15.7. The molecule has 2 rings (SSSR count). The molecule has 0 unspecified atom stereocenters. The second kappa shape index (κ2) is 4.85. The first-order valence-electron chi connectivity index (χ1n) is 4.81. The Morgan fingerprint density at radius 3 is 2.33 bits per heavy atom. The fourth-order valence-corrected chi connectivity index (χ4v) is 1.75. The van der Waals surface area contributed by atoms with Crippen LogP contribution in [0.1, 0.15) is 0 Å². The van der Waals surface area contributed by atoms with Gasteiger partial charge in [-0.15, -0.1) is 0 Å². The molecule has 0 aliphatic carbocycles. The van der Waals surface area contributed by atoms with Crippen LogP contribution in [0.5, 0.6) is 0 Å². The zero-order valence-electron chi connectivity index (χ0n) is 8.88. The third kappa shape index (κ3) is 2.40. The van der Waals surface area contributed by atoms with E-state index in [0.717, 1.165) is 6.08 Å². The molecular formula is C10H8Cl2N4O2. The lowest BCUT2D eigenvalue weighted by atomic mass is 10.2. The summed E-state index contributed by atoms with van der Waals surface area (Å²) in [6.07, 6.45) is 1.04. The highest BCUT2D eigenvalue weighted by molar-refractivity contribution is 6.42. The first kappa shape index (κ1) is 12.7. The smallest absolute Gasteiger partial charge is 0.272 e. The summed E-state index contributed by atoms with van der Waals surface area (Å²) in [5, 5.41) is 6.00. The summed E-state index contributed by atoms with van der Waals surface area (Å²) >= 11 is 11.7. The van der Waals surface area contributed by atoms with E-state index in [1.165, 1.54) is 6.07 Å². The predicted molar refractivity (Wildman–Crippen MR) is 69.1 cm³/mol.